The lowest BCUT2D eigenvalue weighted by Crippen LogP contribution is -2.33. The molecular formula is C13H18OSi. The predicted octanol–water partition coefficient (Wildman–Crippen LogP) is 3.54. The van der Waals surface area contributed by atoms with E-state index in [9.17, 15) is 4.79 Å². The molecule has 2 heteroatoms. The Morgan fingerprint density at radius 3 is 2.13 bits per heavy atom. The zero-order chi connectivity index (χ0) is 11.5. The van der Waals surface area contributed by atoms with E-state index in [4.69, 9.17) is 0 Å². The number of rotatable bonds is 3. The Bertz CT molecular complexity index is 371. The van der Waals surface area contributed by atoms with E-state index >= 15 is 0 Å². The molecule has 0 heterocycles. The molecule has 0 saturated carbocycles. The Kier molecular flexibility index (Phi) is 3.64. The highest BCUT2D eigenvalue weighted by atomic mass is 28.3. The van der Waals surface area contributed by atoms with Crippen molar-refractivity contribution in [2.75, 3.05) is 0 Å². The van der Waals surface area contributed by atoms with Gasteiger partial charge in [-0.1, -0.05) is 50.0 Å². The maximum absolute atomic E-state index is 12.0. The molecule has 1 nitrogen and oxygen atoms in total. The van der Waals surface area contributed by atoms with Crippen molar-refractivity contribution < 1.29 is 4.79 Å². The highest BCUT2D eigenvalue weighted by Crippen LogP contribution is 2.13. The van der Waals surface area contributed by atoms with Gasteiger partial charge < -0.3 is 4.79 Å². The van der Waals surface area contributed by atoms with Gasteiger partial charge in [0.2, 0.25) is 0 Å². The Labute approximate surface area is 92.8 Å². The first kappa shape index (κ1) is 11.9. The van der Waals surface area contributed by atoms with Crippen LogP contribution in [0.3, 0.4) is 0 Å². The molecule has 0 N–H and O–H groups in total. The highest BCUT2D eigenvalue weighted by Gasteiger charge is 2.24. The summed E-state index contributed by atoms with van der Waals surface area (Å²) in [5.41, 5.74) is 1.97. The van der Waals surface area contributed by atoms with Crippen LogP contribution in [0.1, 0.15) is 12.5 Å². The summed E-state index contributed by atoms with van der Waals surface area (Å²) < 4.78 is 0. The van der Waals surface area contributed by atoms with Crippen LogP contribution in [-0.2, 0) is 4.79 Å². The fourth-order valence-corrected chi connectivity index (χ4v) is 2.71. The third-order valence-corrected chi connectivity index (χ3v) is 3.98. The van der Waals surface area contributed by atoms with Crippen molar-refractivity contribution in [1.29, 1.82) is 0 Å². The summed E-state index contributed by atoms with van der Waals surface area (Å²) in [5, 5.41) is 0.339. The smallest absolute Gasteiger partial charge is 0.135 e. The van der Waals surface area contributed by atoms with Crippen molar-refractivity contribution in [1.82, 2.24) is 0 Å². The molecular weight excluding hydrogens is 200 g/mol. The number of carbonyl (C=O) groups excluding carboxylic acids is 1. The molecule has 0 unspecified atom stereocenters. The van der Waals surface area contributed by atoms with Crippen LogP contribution in [0, 0.1) is 0 Å². The molecule has 0 radical (unpaired) electrons. The Morgan fingerprint density at radius 2 is 1.67 bits per heavy atom. The van der Waals surface area contributed by atoms with Crippen LogP contribution in [0.25, 0.3) is 6.08 Å². The van der Waals surface area contributed by atoms with E-state index in [1.54, 1.807) is 0 Å². The highest BCUT2D eigenvalue weighted by molar-refractivity contribution is 7.05. The molecule has 1 aromatic carbocycles. The fourth-order valence-electron chi connectivity index (χ4n) is 1.46. The minimum Gasteiger partial charge on any atom is -0.300 e. The third kappa shape index (κ3) is 3.48. The Balaban J connectivity index is 2.91. The van der Waals surface area contributed by atoms with Crippen LogP contribution < -0.4 is 0 Å². The summed E-state index contributed by atoms with van der Waals surface area (Å²) in [6, 6.07) is 9.98. The summed E-state index contributed by atoms with van der Waals surface area (Å²) in [6.07, 6.45) is 1.97. The molecule has 0 amide bonds. The standard InChI is InChI=1S/C13H18OSi/c1-11(13(14)15(2,3)4)10-12-8-6-5-7-9-12/h5-10H,1-4H3/b11-10+. The molecule has 80 valence electrons. The van der Waals surface area contributed by atoms with Gasteiger partial charge in [-0.05, 0) is 24.1 Å². The summed E-state index contributed by atoms with van der Waals surface area (Å²) in [6.45, 7) is 8.15. The largest absolute Gasteiger partial charge is 0.300 e. The van der Waals surface area contributed by atoms with Gasteiger partial charge in [0.1, 0.15) is 13.5 Å². The van der Waals surface area contributed by atoms with E-state index in [0.717, 1.165) is 11.1 Å². The van der Waals surface area contributed by atoms with Crippen LogP contribution in [0.5, 0.6) is 0 Å². The molecule has 0 saturated heterocycles. The summed E-state index contributed by atoms with van der Waals surface area (Å²) >= 11 is 0. The predicted molar refractivity (Wildman–Crippen MR) is 68.4 cm³/mol. The van der Waals surface area contributed by atoms with Crippen molar-refractivity contribution in [3.8, 4) is 0 Å². The average Bonchev–Trinajstić information content (AvgIpc) is 2.16. The average molecular weight is 218 g/mol. The minimum absolute atomic E-state index is 0.339. The summed E-state index contributed by atoms with van der Waals surface area (Å²) in [4.78, 5) is 12.0. The van der Waals surface area contributed by atoms with E-state index in [2.05, 4.69) is 19.6 Å². The fraction of sp³-hybridized carbons (Fsp3) is 0.308. The topological polar surface area (TPSA) is 17.1 Å². The monoisotopic (exact) mass is 218 g/mol. The van der Waals surface area contributed by atoms with Crippen LogP contribution in [0.15, 0.2) is 35.9 Å². The SMILES string of the molecule is C/C(=C\c1ccccc1)C(=O)[Si](C)(C)C. The second-order valence-electron chi connectivity index (χ2n) is 4.82. The number of hydrogen-bond acceptors (Lipinski definition) is 1. The number of carbonyl (C=O) groups is 1. The zero-order valence-corrected chi connectivity index (χ0v) is 10.9. The van der Waals surface area contributed by atoms with Crippen molar-refractivity contribution in [3.05, 3.63) is 41.5 Å². The lowest BCUT2D eigenvalue weighted by atomic mass is 10.1. The van der Waals surface area contributed by atoms with E-state index in [0.29, 0.717) is 5.41 Å². The maximum Gasteiger partial charge on any atom is 0.135 e. The summed E-state index contributed by atoms with van der Waals surface area (Å²) in [5.74, 6) is 0. The molecule has 1 aromatic rings. The van der Waals surface area contributed by atoms with Crippen LogP contribution >= 0.6 is 0 Å². The van der Waals surface area contributed by atoms with Gasteiger partial charge in [0.25, 0.3) is 0 Å². The molecule has 15 heavy (non-hydrogen) atoms. The van der Waals surface area contributed by atoms with Crippen molar-refractivity contribution in [3.63, 3.8) is 0 Å². The molecule has 0 bridgehead atoms. The van der Waals surface area contributed by atoms with Gasteiger partial charge in [-0.3, -0.25) is 0 Å². The van der Waals surface area contributed by atoms with Gasteiger partial charge in [0.05, 0.1) is 0 Å². The van der Waals surface area contributed by atoms with Crippen LogP contribution in [0.2, 0.25) is 19.6 Å². The first-order valence-electron chi connectivity index (χ1n) is 5.19. The molecule has 0 atom stereocenters. The molecule has 0 aliphatic rings. The number of hydrogen-bond donors (Lipinski definition) is 0. The first-order chi connectivity index (χ1) is 6.91. The van der Waals surface area contributed by atoms with Gasteiger partial charge in [-0.25, -0.2) is 0 Å². The summed E-state index contributed by atoms with van der Waals surface area (Å²) in [7, 11) is -1.68. The number of allylic oxidation sites excluding steroid dienone is 1. The first-order valence-corrected chi connectivity index (χ1v) is 8.69. The Morgan fingerprint density at radius 1 is 1.13 bits per heavy atom. The normalized spacial score (nSPS) is 12.7. The van der Waals surface area contributed by atoms with Gasteiger partial charge >= 0.3 is 0 Å². The van der Waals surface area contributed by atoms with Crippen molar-refractivity contribution >= 4 is 19.6 Å². The molecule has 0 spiro atoms. The van der Waals surface area contributed by atoms with Gasteiger partial charge in [0, 0.05) is 0 Å². The second kappa shape index (κ2) is 4.58. The van der Waals surface area contributed by atoms with E-state index in [1.165, 1.54) is 0 Å². The zero-order valence-electron chi connectivity index (χ0n) is 9.87. The molecule has 0 fully saturated rings. The van der Waals surface area contributed by atoms with E-state index < -0.39 is 8.07 Å². The molecule has 0 aliphatic carbocycles. The van der Waals surface area contributed by atoms with Crippen molar-refractivity contribution in [2.24, 2.45) is 0 Å². The Hall–Kier alpha value is -1.15. The van der Waals surface area contributed by atoms with Crippen LogP contribution in [-0.4, -0.2) is 13.5 Å². The van der Waals surface area contributed by atoms with Gasteiger partial charge in [-0.2, -0.15) is 0 Å². The second-order valence-corrected chi connectivity index (χ2v) is 9.77. The quantitative estimate of drug-likeness (QED) is 0.560. The third-order valence-electron chi connectivity index (χ3n) is 2.22. The van der Waals surface area contributed by atoms with Crippen LogP contribution in [0.4, 0.5) is 0 Å². The minimum atomic E-state index is -1.68. The molecule has 0 aliphatic heterocycles. The lowest BCUT2D eigenvalue weighted by molar-refractivity contribution is -0.109. The van der Waals surface area contributed by atoms with E-state index in [-0.39, 0.29) is 0 Å². The van der Waals surface area contributed by atoms with Gasteiger partial charge in [-0.15, -0.1) is 0 Å². The van der Waals surface area contributed by atoms with E-state index in [1.807, 2.05) is 43.3 Å². The van der Waals surface area contributed by atoms with Gasteiger partial charge in [0.15, 0.2) is 0 Å². The van der Waals surface area contributed by atoms with Crippen molar-refractivity contribution in [2.45, 2.75) is 26.6 Å². The molecule has 0 aromatic heterocycles. The molecule has 1 rings (SSSR count). The maximum atomic E-state index is 12.0. The lowest BCUT2D eigenvalue weighted by Gasteiger charge is -2.14. The number of benzene rings is 1.